The van der Waals surface area contributed by atoms with Crippen molar-refractivity contribution in [3.05, 3.63) is 54.6 Å². The van der Waals surface area contributed by atoms with Crippen molar-refractivity contribution < 1.29 is 0 Å². The Labute approximate surface area is 96.4 Å². The van der Waals surface area contributed by atoms with Crippen LogP contribution in [-0.2, 0) is 0 Å². The first-order chi connectivity index (χ1) is 7.38. The molecule has 0 atom stereocenters. The molecule has 0 heterocycles. The van der Waals surface area contributed by atoms with Crippen LogP contribution in [0.25, 0.3) is 0 Å². The summed E-state index contributed by atoms with van der Waals surface area (Å²) in [7, 11) is 0. The zero-order valence-corrected chi connectivity index (χ0v) is 10.2. The van der Waals surface area contributed by atoms with Crippen LogP contribution < -0.4 is 9.67 Å². The summed E-state index contributed by atoms with van der Waals surface area (Å²) < 4.78 is 1.35. The molecular weight excluding hydrogens is 245 g/mol. The zero-order chi connectivity index (χ0) is 10.5. The van der Waals surface area contributed by atoms with Crippen LogP contribution in [0.2, 0.25) is 0 Å². The van der Waals surface area contributed by atoms with Gasteiger partial charge in [-0.25, -0.2) is 0 Å². The quantitative estimate of drug-likeness (QED) is 0.831. The summed E-state index contributed by atoms with van der Waals surface area (Å²) in [5, 5.41) is 7.29. The van der Waals surface area contributed by atoms with Gasteiger partial charge in [0.15, 0.2) is 0 Å². The number of rotatable bonds is 3. The molecular formula is C13H12AsN. The molecule has 0 aliphatic heterocycles. The summed E-state index contributed by atoms with van der Waals surface area (Å²) in [5.41, 5.74) is 2.24. The van der Waals surface area contributed by atoms with Crippen LogP contribution >= 0.6 is 0 Å². The van der Waals surface area contributed by atoms with Crippen molar-refractivity contribution in [3.63, 3.8) is 0 Å². The van der Waals surface area contributed by atoms with E-state index < -0.39 is 0 Å². The molecule has 0 saturated heterocycles. The van der Waals surface area contributed by atoms with Crippen LogP contribution in [0.4, 0.5) is 11.4 Å². The van der Waals surface area contributed by atoms with Crippen molar-refractivity contribution in [3.8, 4) is 0 Å². The summed E-state index contributed by atoms with van der Waals surface area (Å²) in [5.74, 6) is 0. The third-order valence-corrected chi connectivity index (χ3v) is 3.50. The van der Waals surface area contributed by atoms with Gasteiger partial charge in [0.1, 0.15) is 0 Å². The fourth-order valence-electron chi connectivity index (χ4n) is 1.34. The second-order valence-electron chi connectivity index (χ2n) is 3.20. The van der Waals surface area contributed by atoms with Crippen molar-refractivity contribution in [1.29, 1.82) is 0 Å². The Morgan fingerprint density at radius 2 is 1.40 bits per heavy atom. The first-order valence-corrected chi connectivity index (χ1v) is 7.04. The van der Waals surface area contributed by atoms with E-state index in [1.54, 1.807) is 0 Å². The molecule has 0 saturated carbocycles. The fraction of sp³-hybridized carbons (Fsp3) is 0. The van der Waals surface area contributed by atoms with Gasteiger partial charge in [-0.15, -0.1) is 0 Å². The molecule has 2 rings (SSSR count). The summed E-state index contributed by atoms with van der Waals surface area (Å²) in [6, 6.07) is 18.7. The van der Waals surface area contributed by atoms with Crippen LogP contribution in [0.1, 0.15) is 0 Å². The number of hydrogen-bond acceptors (Lipinski definition) is 1. The second-order valence-corrected chi connectivity index (χ2v) is 4.94. The van der Waals surface area contributed by atoms with Gasteiger partial charge >= 0.3 is 96.3 Å². The van der Waals surface area contributed by atoms with E-state index in [1.165, 1.54) is 4.35 Å². The Bertz CT molecular complexity index is 434. The first kappa shape index (κ1) is 10.2. The summed E-state index contributed by atoms with van der Waals surface area (Å²) in [4.78, 5) is 0. The Morgan fingerprint density at radius 1 is 0.800 bits per heavy atom. The molecule has 0 aliphatic carbocycles. The molecule has 0 aliphatic rings. The molecule has 0 spiro atoms. The van der Waals surface area contributed by atoms with Gasteiger partial charge in [0.05, 0.1) is 0 Å². The number of para-hydroxylation sites is 1. The maximum absolute atomic E-state index is 3.94. The first-order valence-electron chi connectivity index (χ1n) is 4.77. The van der Waals surface area contributed by atoms with Crippen molar-refractivity contribution >= 4 is 36.3 Å². The molecule has 0 fully saturated rings. The van der Waals surface area contributed by atoms with Gasteiger partial charge < -0.3 is 0 Å². The molecule has 0 amide bonds. The average molecular weight is 257 g/mol. The van der Waals surface area contributed by atoms with E-state index in [4.69, 9.17) is 0 Å². The molecule has 0 aromatic heterocycles. The van der Waals surface area contributed by atoms with E-state index in [0.29, 0.717) is 0 Å². The fourth-order valence-corrected chi connectivity index (χ4v) is 2.09. The van der Waals surface area contributed by atoms with Crippen LogP contribution in [0, 0.1) is 0 Å². The molecule has 15 heavy (non-hydrogen) atoms. The minimum absolute atomic E-state index is 0.0884. The third kappa shape index (κ3) is 2.81. The van der Waals surface area contributed by atoms with Crippen molar-refractivity contribution in [1.82, 2.24) is 0 Å². The Kier molecular flexibility index (Phi) is 3.36. The Morgan fingerprint density at radius 3 is 2.00 bits per heavy atom. The molecule has 2 heteroatoms. The van der Waals surface area contributed by atoms with Gasteiger partial charge in [0.25, 0.3) is 0 Å². The maximum atomic E-state index is 3.94. The van der Waals surface area contributed by atoms with Crippen molar-refractivity contribution in [2.24, 2.45) is 0 Å². The number of hydrogen-bond donors (Lipinski definition) is 1. The molecule has 74 valence electrons. The monoisotopic (exact) mass is 257 g/mol. The molecule has 1 nitrogen and oxygen atoms in total. The molecule has 2 aromatic carbocycles. The second kappa shape index (κ2) is 4.95. The van der Waals surface area contributed by atoms with Crippen molar-refractivity contribution in [2.45, 2.75) is 0 Å². The number of anilines is 2. The number of benzene rings is 2. The van der Waals surface area contributed by atoms with Gasteiger partial charge in [0, 0.05) is 0 Å². The van der Waals surface area contributed by atoms with Crippen LogP contribution in [0.15, 0.2) is 54.6 Å². The van der Waals surface area contributed by atoms with Gasteiger partial charge in [-0.1, -0.05) is 0 Å². The minimum atomic E-state index is 0.0884. The van der Waals surface area contributed by atoms with E-state index in [0.717, 1.165) is 11.4 Å². The van der Waals surface area contributed by atoms with Gasteiger partial charge in [0.2, 0.25) is 0 Å². The number of nitrogens with one attached hydrogen (secondary N) is 1. The predicted octanol–water partition coefficient (Wildman–Crippen LogP) is 2.19. The van der Waals surface area contributed by atoms with E-state index in [2.05, 4.69) is 47.0 Å². The molecule has 0 unspecified atom stereocenters. The van der Waals surface area contributed by atoms with E-state index in [9.17, 15) is 0 Å². The van der Waals surface area contributed by atoms with Crippen LogP contribution in [-0.4, -0.2) is 20.6 Å². The normalized spacial score (nSPS) is 10.1. The van der Waals surface area contributed by atoms with Crippen LogP contribution in [0.3, 0.4) is 0 Å². The van der Waals surface area contributed by atoms with Gasteiger partial charge in [-0.2, -0.15) is 0 Å². The predicted molar refractivity (Wildman–Crippen MR) is 68.7 cm³/mol. The van der Waals surface area contributed by atoms with E-state index >= 15 is 0 Å². The summed E-state index contributed by atoms with van der Waals surface area (Å²) in [6.45, 7) is 0. The zero-order valence-electron chi connectivity index (χ0n) is 8.35. The molecule has 0 radical (unpaired) electrons. The molecule has 0 bridgehead atoms. The van der Waals surface area contributed by atoms with Crippen molar-refractivity contribution in [2.75, 3.05) is 5.32 Å². The topological polar surface area (TPSA) is 12.0 Å². The van der Waals surface area contributed by atoms with Gasteiger partial charge in [-0.05, 0) is 0 Å². The third-order valence-electron chi connectivity index (χ3n) is 2.11. The summed E-state index contributed by atoms with van der Waals surface area (Å²) in [6.07, 6.45) is 0. The SMILES string of the molecule is C=[As]c1ccc(Nc2ccccc2)cc1. The average Bonchev–Trinajstić information content (AvgIpc) is 2.31. The Hall–Kier alpha value is -1.33. The van der Waals surface area contributed by atoms with E-state index in [1.807, 2.05) is 18.2 Å². The molecule has 1 N–H and O–H groups in total. The standard InChI is InChI=1S/C13H12AsN/c1-14-11-7-9-13(10-8-11)15-12-5-3-2-4-6-12/h2-10,15H,1H2. The van der Waals surface area contributed by atoms with E-state index in [-0.39, 0.29) is 15.3 Å². The molecule has 2 aromatic rings. The van der Waals surface area contributed by atoms with Crippen LogP contribution in [0.5, 0.6) is 0 Å². The Balaban J connectivity index is 2.15. The summed E-state index contributed by atoms with van der Waals surface area (Å²) >= 11 is 0.0884. The van der Waals surface area contributed by atoms with Gasteiger partial charge in [-0.3, -0.25) is 0 Å².